The normalized spacial score (nSPS) is 10.2. The van der Waals surface area contributed by atoms with Crippen LogP contribution in [0.25, 0.3) is 0 Å². The molecule has 98 valence electrons. The van der Waals surface area contributed by atoms with Gasteiger partial charge in [-0.25, -0.2) is 0 Å². The zero-order valence-corrected chi connectivity index (χ0v) is 11.0. The molecule has 0 amide bonds. The van der Waals surface area contributed by atoms with Crippen molar-refractivity contribution >= 4 is 5.78 Å². The number of rotatable bonds is 6. The second-order valence-electron chi connectivity index (χ2n) is 4.21. The van der Waals surface area contributed by atoms with Crippen molar-refractivity contribution in [2.45, 2.75) is 19.8 Å². The minimum Gasteiger partial charge on any atom is -0.494 e. The maximum Gasteiger partial charge on any atom is 0.163 e. The molecule has 2 aromatic rings. The van der Waals surface area contributed by atoms with Gasteiger partial charge in [0, 0.05) is 23.9 Å². The van der Waals surface area contributed by atoms with E-state index in [1.165, 1.54) is 0 Å². The summed E-state index contributed by atoms with van der Waals surface area (Å²) in [6.07, 6.45) is 2.88. The molecule has 0 radical (unpaired) electrons. The second kappa shape index (κ2) is 6.69. The first-order valence-electron chi connectivity index (χ1n) is 6.45. The summed E-state index contributed by atoms with van der Waals surface area (Å²) in [5, 5.41) is 0. The first-order chi connectivity index (χ1) is 9.29. The van der Waals surface area contributed by atoms with Crippen molar-refractivity contribution in [3.63, 3.8) is 0 Å². The van der Waals surface area contributed by atoms with Gasteiger partial charge in [0.2, 0.25) is 0 Å². The number of Topliss-reactive ketones (excluding diaryl/α,β-unsaturated/α-hetero) is 1. The molecule has 0 aliphatic rings. The average Bonchev–Trinajstić information content (AvgIpc) is 2.46. The van der Waals surface area contributed by atoms with Gasteiger partial charge in [0.05, 0.1) is 6.61 Å². The minimum atomic E-state index is 0.118. The number of carbonyl (C=O) groups excluding carboxylic acids is 1. The topological polar surface area (TPSA) is 39.2 Å². The number of aromatic nitrogens is 1. The molecule has 0 aliphatic carbocycles. The highest BCUT2D eigenvalue weighted by Gasteiger charge is 2.07. The van der Waals surface area contributed by atoms with Crippen LogP contribution >= 0.6 is 0 Å². The van der Waals surface area contributed by atoms with E-state index in [0.717, 1.165) is 11.4 Å². The Labute approximate surface area is 113 Å². The second-order valence-corrected chi connectivity index (χ2v) is 4.21. The van der Waals surface area contributed by atoms with Crippen LogP contribution in [0.1, 0.15) is 29.4 Å². The van der Waals surface area contributed by atoms with Gasteiger partial charge in [-0.2, -0.15) is 0 Å². The van der Waals surface area contributed by atoms with Crippen molar-refractivity contribution < 1.29 is 9.53 Å². The highest BCUT2D eigenvalue weighted by atomic mass is 16.5. The van der Waals surface area contributed by atoms with Crippen molar-refractivity contribution in [2.24, 2.45) is 0 Å². The highest BCUT2D eigenvalue weighted by molar-refractivity contribution is 5.96. The van der Waals surface area contributed by atoms with E-state index in [-0.39, 0.29) is 5.78 Å². The van der Waals surface area contributed by atoms with Gasteiger partial charge >= 0.3 is 0 Å². The van der Waals surface area contributed by atoms with E-state index in [0.29, 0.717) is 25.0 Å². The van der Waals surface area contributed by atoms with Gasteiger partial charge in [-0.15, -0.1) is 0 Å². The Kier molecular flexibility index (Phi) is 4.67. The molecule has 0 fully saturated rings. The molecule has 2 rings (SSSR count). The van der Waals surface area contributed by atoms with Crippen LogP contribution < -0.4 is 4.74 Å². The fourth-order valence-electron chi connectivity index (χ4n) is 1.86. The molecule has 0 atom stereocenters. The molecule has 0 bridgehead atoms. The third kappa shape index (κ3) is 3.91. The van der Waals surface area contributed by atoms with Gasteiger partial charge in [0.1, 0.15) is 5.75 Å². The van der Waals surface area contributed by atoms with Gasteiger partial charge in [-0.1, -0.05) is 18.2 Å². The molecule has 0 saturated heterocycles. The number of aryl methyl sites for hydroxylation is 1. The molecule has 3 nitrogen and oxygen atoms in total. The van der Waals surface area contributed by atoms with Crippen LogP contribution in [0, 0.1) is 0 Å². The van der Waals surface area contributed by atoms with E-state index >= 15 is 0 Å². The highest BCUT2D eigenvalue weighted by Crippen LogP contribution is 2.15. The van der Waals surface area contributed by atoms with E-state index in [2.05, 4.69) is 4.98 Å². The Morgan fingerprint density at radius 3 is 2.84 bits per heavy atom. The fourth-order valence-corrected chi connectivity index (χ4v) is 1.86. The number of benzene rings is 1. The van der Waals surface area contributed by atoms with Gasteiger partial charge in [0.15, 0.2) is 5.78 Å². The molecule has 3 heteroatoms. The smallest absolute Gasteiger partial charge is 0.163 e. The molecule has 0 unspecified atom stereocenters. The molecule has 1 aromatic carbocycles. The lowest BCUT2D eigenvalue weighted by Crippen LogP contribution is -2.02. The Hall–Kier alpha value is -2.16. The zero-order valence-electron chi connectivity index (χ0n) is 11.0. The molecule has 1 aromatic heterocycles. The summed E-state index contributed by atoms with van der Waals surface area (Å²) in [5.41, 5.74) is 1.64. The molecule has 0 spiro atoms. The quantitative estimate of drug-likeness (QED) is 0.743. The Morgan fingerprint density at radius 1 is 1.21 bits per heavy atom. The summed E-state index contributed by atoms with van der Waals surface area (Å²) < 4.78 is 5.39. The first kappa shape index (κ1) is 13.3. The third-order valence-electron chi connectivity index (χ3n) is 2.80. The van der Waals surface area contributed by atoms with Gasteiger partial charge in [-0.05, 0) is 37.6 Å². The van der Waals surface area contributed by atoms with E-state index in [1.54, 1.807) is 12.3 Å². The van der Waals surface area contributed by atoms with Crippen LogP contribution in [-0.2, 0) is 6.42 Å². The lowest BCUT2D eigenvalue weighted by atomic mass is 10.1. The Balaban J connectivity index is 1.98. The number of ketones is 1. The maximum atomic E-state index is 12.1. The predicted molar refractivity (Wildman–Crippen MR) is 74.5 cm³/mol. The molecule has 0 N–H and O–H groups in total. The monoisotopic (exact) mass is 255 g/mol. The van der Waals surface area contributed by atoms with Crippen molar-refractivity contribution in [1.82, 2.24) is 4.98 Å². The number of nitrogens with zero attached hydrogens (tertiary/aromatic N) is 1. The van der Waals surface area contributed by atoms with Gasteiger partial charge in [0.25, 0.3) is 0 Å². The van der Waals surface area contributed by atoms with E-state index in [4.69, 9.17) is 4.74 Å². The SMILES string of the molecule is CCOc1cccc(C(=O)CCc2ccccn2)c1. The lowest BCUT2D eigenvalue weighted by molar-refractivity contribution is 0.0982. The molecule has 0 saturated carbocycles. The van der Waals surface area contributed by atoms with Crippen LogP contribution in [0.15, 0.2) is 48.7 Å². The number of ether oxygens (including phenoxy) is 1. The Morgan fingerprint density at radius 2 is 2.11 bits per heavy atom. The summed E-state index contributed by atoms with van der Waals surface area (Å²) in [4.78, 5) is 16.3. The first-order valence-corrected chi connectivity index (χ1v) is 6.45. The van der Waals surface area contributed by atoms with Crippen molar-refractivity contribution in [3.8, 4) is 5.75 Å². The summed E-state index contributed by atoms with van der Waals surface area (Å²) in [5.74, 6) is 0.860. The number of carbonyl (C=O) groups is 1. The molecule has 1 heterocycles. The van der Waals surface area contributed by atoms with E-state index in [1.807, 2.05) is 43.3 Å². The van der Waals surface area contributed by atoms with Crippen molar-refractivity contribution in [3.05, 3.63) is 59.9 Å². The Bertz CT molecular complexity index is 537. The molecule has 0 aliphatic heterocycles. The van der Waals surface area contributed by atoms with Gasteiger partial charge < -0.3 is 4.74 Å². The van der Waals surface area contributed by atoms with Crippen molar-refractivity contribution in [2.75, 3.05) is 6.61 Å². The maximum absolute atomic E-state index is 12.1. The van der Waals surface area contributed by atoms with Crippen LogP contribution in [0.2, 0.25) is 0 Å². The molecular formula is C16H17NO2. The predicted octanol–water partition coefficient (Wildman–Crippen LogP) is 3.30. The average molecular weight is 255 g/mol. The van der Waals surface area contributed by atoms with Crippen LogP contribution in [-0.4, -0.2) is 17.4 Å². The molecule has 19 heavy (non-hydrogen) atoms. The van der Waals surface area contributed by atoms with E-state index in [9.17, 15) is 4.79 Å². The number of hydrogen-bond acceptors (Lipinski definition) is 3. The van der Waals surface area contributed by atoms with Crippen molar-refractivity contribution in [1.29, 1.82) is 0 Å². The van der Waals surface area contributed by atoms with Crippen LogP contribution in [0.5, 0.6) is 5.75 Å². The lowest BCUT2D eigenvalue weighted by Gasteiger charge is -2.05. The molecular weight excluding hydrogens is 238 g/mol. The summed E-state index contributed by atoms with van der Waals surface area (Å²) in [6, 6.07) is 13.1. The summed E-state index contributed by atoms with van der Waals surface area (Å²) in [6.45, 7) is 2.53. The van der Waals surface area contributed by atoms with E-state index < -0.39 is 0 Å². The minimum absolute atomic E-state index is 0.118. The number of pyridine rings is 1. The van der Waals surface area contributed by atoms with Gasteiger partial charge in [-0.3, -0.25) is 9.78 Å². The van der Waals surface area contributed by atoms with Crippen LogP contribution in [0.3, 0.4) is 0 Å². The standard InChI is InChI=1S/C16H17NO2/c1-2-19-15-8-5-6-13(12-15)16(18)10-9-14-7-3-4-11-17-14/h3-8,11-12H,2,9-10H2,1H3. The third-order valence-corrected chi connectivity index (χ3v) is 2.80. The summed E-state index contributed by atoms with van der Waals surface area (Å²) >= 11 is 0. The van der Waals surface area contributed by atoms with Crippen LogP contribution in [0.4, 0.5) is 0 Å². The fraction of sp³-hybridized carbons (Fsp3) is 0.250. The number of hydrogen-bond donors (Lipinski definition) is 0. The zero-order chi connectivity index (χ0) is 13.5. The largest absolute Gasteiger partial charge is 0.494 e. The summed E-state index contributed by atoms with van der Waals surface area (Å²) in [7, 11) is 0.